The van der Waals surface area contributed by atoms with E-state index in [-0.39, 0.29) is 23.6 Å². The van der Waals surface area contributed by atoms with E-state index < -0.39 is 0 Å². The minimum atomic E-state index is -0.186. The zero-order valence-electron chi connectivity index (χ0n) is 19.5. The summed E-state index contributed by atoms with van der Waals surface area (Å²) in [6.45, 7) is 2.29. The lowest BCUT2D eigenvalue weighted by molar-refractivity contribution is -0.116. The number of nitrogens with zero attached hydrogens (tertiary/aromatic N) is 6. The van der Waals surface area contributed by atoms with Crippen LogP contribution in [-0.2, 0) is 4.79 Å². The number of aromatic nitrogens is 4. The number of hydrogen-bond acceptors (Lipinski definition) is 6. The Morgan fingerprint density at radius 3 is 2.47 bits per heavy atom. The largest absolute Gasteiger partial charge is 0.311 e. The molecule has 0 unspecified atom stereocenters. The van der Waals surface area contributed by atoms with E-state index in [0.717, 1.165) is 11.3 Å². The molecule has 0 aliphatic rings. The van der Waals surface area contributed by atoms with Gasteiger partial charge in [0.05, 0.1) is 34.8 Å². The lowest BCUT2D eigenvalue weighted by Gasteiger charge is -2.21. The standard InChI is InChI=1S/C27H22N6O2S/c1-19-12-14-21(15-13-19)32-25(35)22-10-5-6-11-23(22)33-26(32)29-30-27(33)36-18-24(34)31(17-7-16-28)20-8-3-2-4-9-20/h2-6,8-15H,7,17-18H2,1H3. The fraction of sp³-hybridized carbons (Fsp3) is 0.148. The summed E-state index contributed by atoms with van der Waals surface area (Å²) >= 11 is 1.25. The number of thioether (sulfide) groups is 1. The Labute approximate surface area is 211 Å². The maximum atomic E-state index is 13.4. The van der Waals surface area contributed by atoms with Gasteiger partial charge in [-0.3, -0.25) is 14.0 Å². The molecule has 1 amide bonds. The van der Waals surface area contributed by atoms with Crippen LogP contribution in [0.25, 0.3) is 22.4 Å². The number of para-hydroxylation sites is 2. The molecular weight excluding hydrogens is 472 g/mol. The van der Waals surface area contributed by atoms with Gasteiger partial charge in [0.15, 0.2) is 5.16 Å². The second-order valence-corrected chi connectivity index (χ2v) is 9.13. The van der Waals surface area contributed by atoms with Crippen LogP contribution in [0, 0.1) is 18.3 Å². The summed E-state index contributed by atoms with van der Waals surface area (Å²) in [6.07, 6.45) is 0.229. The Hall–Kier alpha value is -4.42. The summed E-state index contributed by atoms with van der Waals surface area (Å²) in [5, 5.41) is 18.8. The van der Waals surface area contributed by atoms with E-state index in [1.165, 1.54) is 11.8 Å². The number of hydrogen-bond donors (Lipinski definition) is 0. The minimum Gasteiger partial charge on any atom is -0.311 e. The Morgan fingerprint density at radius 1 is 1.00 bits per heavy atom. The molecule has 0 aliphatic heterocycles. The molecule has 0 bridgehead atoms. The Balaban J connectivity index is 1.55. The third-order valence-corrected chi connectivity index (χ3v) is 6.74. The van der Waals surface area contributed by atoms with Crippen molar-refractivity contribution in [1.82, 2.24) is 19.2 Å². The van der Waals surface area contributed by atoms with Gasteiger partial charge in [0, 0.05) is 12.2 Å². The van der Waals surface area contributed by atoms with Gasteiger partial charge in [0.1, 0.15) is 0 Å². The number of anilines is 1. The molecule has 0 N–H and O–H groups in total. The molecule has 5 rings (SSSR count). The second kappa shape index (κ2) is 10.1. The van der Waals surface area contributed by atoms with Crippen LogP contribution in [0.15, 0.2) is 88.8 Å². The monoisotopic (exact) mass is 494 g/mol. The number of rotatable bonds is 7. The van der Waals surface area contributed by atoms with Gasteiger partial charge < -0.3 is 4.90 Å². The van der Waals surface area contributed by atoms with E-state index >= 15 is 0 Å². The number of aryl methyl sites for hydroxylation is 1. The molecule has 0 fully saturated rings. The third-order valence-electron chi connectivity index (χ3n) is 5.83. The summed E-state index contributed by atoms with van der Waals surface area (Å²) in [4.78, 5) is 28.3. The van der Waals surface area contributed by atoms with Crippen LogP contribution >= 0.6 is 11.8 Å². The number of fused-ring (bicyclic) bond motifs is 3. The molecule has 0 radical (unpaired) electrons. The fourth-order valence-electron chi connectivity index (χ4n) is 4.07. The molecular formula is C27H22N6O2S. The molecule has 5 aromatic rings. The van der Waals surface area contributed by atoms with Crippen LogP contribution in [0.4, 0.5) is 5.69 Å². The van der Waals surface area contributed by atoms with E-state index in [1.807, 2.05) is 84.1 Å². The molecule has 0 spiro atoms. The van der Waals surface area contributed by atoms with E-state index in [9.17, 15) is 9.59 Å². The number of carbonyl (C=O) groups is 1. The highest BCUT2D eigenvalue weighted by Crippen LogP contribution is 2.24. The smallest absolute Gasteiger partial charge is 0.267 e. The second-order valence-electron chi connectivity index (χ2n) is 8.19. The van der Waals surface area contributed by atoms with Gasteiger partial charge in [0.2, 0.25) is 11.7 Å². The van der Waals surface area contributed by atoms with Crippen LogP contribution in [0.2, 0.25) is 0 Å². The van der Waals surface area contributed by atoms with Gasteiger partial charge in [0.25, 0.3) is 5.56 Å². The Morgan fingerprint density at radius 2 is 1.72 bits per heavy atom. The van der Waals surface area contributed by atoms with Crippen LogP contribution in [0.1, 0.15) is 12.0 Å². The molecule has 0 saturated heterocycles. The topological polar surface area (TPSA) is 96.3 Å². The molecule has 3 aromatic carbocycles. The normalized spacial score (nSPS) is 11.0. The predicted octanol–water partition coefficient (Wildman–Crippen LogP) is 4.38. The average Bonchev–Trinajstić information content (AvgIpc) is 3.33. The summed E-state index contributed by atoms with van der Waals surface area (Å²) in [5.41, 5.74) is 2.99. The van der Waals surface area contributed by atoms with E-state index in [0.29, 0.717) is 34.1 Å². The molecule has 0 atom stereocenters. The summed E-state index contributed by atoms with van der Waals surface area (Å²) in [6, 6.07) is 26.3. The van der Waals surface area contributed by atoms with Crippen LogP contribution in [0.3, 0.4) is 0 Å². The van der Waals surface area contributed by atoms with Crippen LogP contribution < -0.4 is 10.5 Å². The van der Waals surface area contributed by atoms with Gasteiger partial charge in [-0.15, -0.1) is 10.2 Å². The lowest BCUT2D eigenvalue weighted by Crippen LogP contribution is -2.33. The zero-order chi connectivity index (χ0) is 25.1. The van der Waals surface area contributed by atoms with Gasteiger partial charge >= 0.3 is 0 Å². The lowest BCUT2D eigenvalue weighted by atomic mass is 10.2. The number of benzene rings is 3. The SMILES string of the molecule is Cc1ccc(-n2c(=O)c3ccccc3n3c(SCC(=O)N(CCC#N)c4ccccc4)nnc23)cc1. The van der Waals surface area contributed by atoms with Crippen molar-refractivity contribution in [2.24, 2.45) is 0 Å². The zero-order valence-corrected chi connectivity index (χ0v) is 20.4. The molecule has 8 nitrogen and oxygen atoms in total. The van der Waals surface area contributed by atoms with Crippen molar-refractivity contribution < 1.29 is 4.79 Å². The quantitative estimate of drug-likeness (QED) is 0.312. The van der Waals surface area contributed by atoms with Crippen LogP contribution in [0.5, 0.6) is 0 Å². The third kappa shape index (κ3) is 4.34. The maximum Gasteiger partial charge on any atom is 0.267 e. The molecule has 178 valence electrons. The first-order chi connectivity index (χ1) is 17.6. The van der Waals surface area contributed by atoms with Crippen molar-refractivity contribution in [2.75, 3.05) is 17.2 Å². The molecule has 0 saturated carbocycles. The highest BCUT2D eigenvalue weighted by Gasteiger charge is 2.21. The molecule has 2 heterocycles. The fourth-order valence-corrected chi connectivity index (χ4v) is 4.89. The van der Waals surface area contributed by atoms with Crippen molar-refractivity contribution >= 4 is 40.0 Å². The first kappa shape index (κ1) is 23.3. The van der Waals surface area contributed by atoms with Gasteiger partial charge in [-0.1, -0.05) is 59.8 Å². The van der Waals surface area contributed by atoms with Crippen molar-refractivity contribution in [1.29, 1.82) is 5.26 Å². The predicted molar refractivity (Wildman–Crippen MR) is 141 cm³/mol. The summed E-state index contributed by atoms with van der Waals surface area (Å²) in [5.74, 6) is 0.329. The highest BCUT2D eigenvalue weighted by molar-refractivity contribution is 7.99. The van der Waals surface area contributed by atoms with E-state index in [2.05, 4.69) is 16.3 Å². The van der Waals surface area contributed by atoms with Crippen molar-refractivity contribution in [3.63, 3.8) is 0 Å². The Bertz CT molecular complexity index is 1650. The van der Waals surface area contributed by atoms with Gasteiger partial charge in [-0.25, -0.2) is 4.57 Å². The highest BCUT2D eigenvalue weighted by atomic mass is 32.2. The first-order valence-electron chi connectivity index (χ1n) is 11.4. The van der Waals surface area contributed by atoms with Crippen molar-refractivity contribution in [3.05, 3.63) is 94.8 Å². The molecule has 36 heavy (non-hydrogen) atoms. The van der Waals surface area contributed by atoms with Crippen molar-refractivity contribution in [3.8, 4) is 11.8 Å². The Kier molecular flexibility index (Phi) is 6.52. The first-order valence-corrected chi connectivity index (χ1v) is 12.4. The number of amides is 1. The minimum absolute atomic E-state index is 0.0963. The summed E-state index contributed by atoms with van der Waals surface area (Å²) in [7, 11) is 0. The molecule has 0 aliphatic carbocycles. The van der Waals surface area contributed by atoms with E-state index in [1.54, 1.807) is 15.5 Å². The number of nitriles is 1. The average molecular weight is 495 g/mol. The maximum absolute atomic E-state index is 13.4. The van der Waals surface area contributed by atoms with Crippen LogP contribution in [-0.4, -0.2) is 37.4 Å². The summed E-state index contributed by atoms with van der Waals surface area (Å²) < 4.78 is 3.36. The van der Waals surface area contributed by atoms with Crippen molar-refractivity contribution in [2.45, 2.75) is 18.5 Å². The number of carbonyl (C=O) groups excluding carboxylic acids is 1. The van der Waals surface area contributed by atoms with E-state index in [4.69, 9.17) is 5.26 Å². The van der Waals surface area contributed by atoms with Gasteiger partial charge in [-0.05, 0) is 43.3 Å². The van der Waals surface area contributed by atoms with Gasteiger partial charge in [-0.2, -0.15) is 5.26 Å². The molecule has 2 aromatic heterocycles. The molecule has 9 heteroatoms.